The van der Waals surface area contributed by atoms with E-state index in [0.717, 1.165) is 12.3 Å². The normalized spacial score (nSPS) is 18.0. The molecular weight excluding hydrogens is 173 g/mol. The highest BCUT2D eigenvalue weighted by Crippen LogP contribution is 2.33. The molecule has 1 rings (SSSR count). The van der Waals surface area contributed by atoms with Crippen LogP contribution in [0.5, 0.6) is 0 Å². The molecule has 13 heavy (non-hydrogen) atoms. The van der Waals surface area contributed by atoms with E-state index in [9.17, 15) is 9.18 Å². The second-order valence-corrected chi connectivity index (χ2v) is 3.55. The van der Waals surface area contributed by atoms with Crippen molar-refractivity contribution in [3.63, 3.8) is 0 Å². The molecule has 76 valence electrons. The topological polar surface area (TPSA) is 38.3 Å². The smallest absolute Gasteiger partial charge is 0.407 e. The fourth-order valence-electron chi connectivity index (χ4n) is 1.29. The van der Waals surface area contributed by atoms with Crippen molar-refractivity contribution in [1.29, 1.82) is 0 Å². The lowest BCUT2D eigenvalue weighted by molar-refractivity contribution is 0.134. The molecule has 1 amide bonds. The van der Waals surface area contributed by atoms with Crippen LogP contribution in [0.4, 0.5) is 9.18 Å². The summed E-state index contributed by atoms with van der Waals surface area (Å²) in [6.07, 6.45) is 3.03. The van der Waals surface area contributed by atoms with Gasteiger partial charge in [0.25, 0.3) is 0 Å². The van der Waals surface area contributed by atoms with Crippen LogP contribution in [0, 0.1) is 5.92 Å². The average Bonchev–Trinajstić information content (AvgIpc) is 2.84. The van der Waals surface area contributed by atoms with Gasteiger partial charge in [-0.2, -0.15) is 0 Å². The molecule has 0 aromatic heterocycles. The van der Waals surface area contributed by atoms with Crippen molar-refractivity contribution in [3.05, 3.63) is 0 Å². The number of rotatable bonds is 5. The van der Waals surface area contributed by atoms with E-state index in [0.29, 0.717) is 0 Å². The second-order valence-electron chi connectivity index (χ2n) is 3.55. The Labute approximate surface area is 77.6 Å². The Bertz CT molecular complexity index is 171. The summed E-state index contributed by atoms with van der Waals surface area (Å²) in [7, 11) is 0. The van der Waals surface area contributed by atoms with E-state index in [2.05, 4.69) is 10.1 Å². The van der Waals surface area contributed by atoms with Crippen LogP contribution in [0.1, 0.15) is 26.2 Å². The first-order chi connectivity index (χ1) is 6.22. The fraction of sp³-hybridized carbons (Fsp3) is 0.889. The maximum absolute atomic E-state index is 11.6. The van der Waals surface area contributed by atoms with Crippen molar-refractivity contribution < 1.29 is 13.9 Å². The minimum absolute atomic E-state index is 0.139. The number of hydrogen-bond donors (Lipinski definition) is 1. The number of ether oxygens (including phenoxy) is 1. The van der Waals surface area contributed by atoms with Crippen LogP contribution in [0.2, 0.25) is 0 Å². The highest BCUT2D eigenvalue weighted by atomic mass is 19.1. The minimum atomic E-state index is -0.621. The van der Waals surface area contributed by atoms with Crippen molar-refractivity contribution in [2.24, 2.45) is 5.92 Å². The van der Waals surface area contributed by atoms with Crippen LogP contribution < -0.4 is 5.32 Å². The predicted molar refractivity (Wildman–Crippen MR) is 47.3 cm³/mol. The van der Waals surface area contributed by atoms with Gasteiger partial charge in [0, 0.05) is 6.04 Å². The van der Waals surface area contributed by atoms with E-state index in [-0.39, 0.29) is 12.6 Å². The SMILES string of the molecule is CC(CC1CC1)NC(=O)OCCF. The molecule has 1 aliphatic rings. The summed E-state index contributed by atoms with van der Waals surface area (Å²) >= 11 is 0. The molecule has 0 radical (unpaired) electrons. The molecule has 0 aromatic rings. The lowest BCUT2D eigenvalue weighted by Crippen LogP contribution is -2.33. The Morgan fingerprint density at radius 1 is 1.69 bits per heavy atom. The third-order valence-electron chi connectivity index (χ3n) is 2.06. The summed E-state index contributed by atoms with van der Waals surface area (Å²) in [6.45, 7) is 1.17. The first-order valence-electron chi connectivity index (χ1n) is 4.71. The summed E-state index contributed by atoms with van der Waals surface area (Å²) < 4.78 is 16.1. The number of carbonyl (C=O) groups excluding carboxylic acids is 1. The lowest BCUT2D eigenvalue weighted by Gasteiger charge is -2.12. The van der Waals surface area contributed by atoms with E-state index < -0.39 is 12.8 Å². The van der Waals surface area contributed by atoms with Crippen LogP contribution >= 0.6 is 0 Å². The summed E-state index contributed by atoms with van der Waals surface area (Å²) in [5.74, 6) is 0.775. The van der Waals surface area contributed by atoms with Gasteiger partial charge in [-0.15, -0.1) is 0 Å². The number of amides is 1. The molecule has 1 N–H and O–H groups in total. The summed E-state index contributed by atoms with van der Waals surface area (Å²) in [6, 6.07) is 0.139. The quantitative estimate of drug-likeness (QED) is 0.717. The highest BCUT2D eigenvalue weighted by molar-refractivity contribution is 5.67. The van der Waals surface area contributed by atoms with Gasteiger partial charge in [-0.05, 0) is 19.3 Å². The Morgan fingerprint density at radius 3 is 2.92 bits per heavy atom. The van der Waals surface area contributed by atoms with Gasteiger partial charge in [-0.3, -0.25) is 0 Å². The van der Waals surface area contributed by atoms with Gasteiger partial charge in [0.2, 0.25) is 0 Å². The van der Waals surface area contributed by atoms with Crippen LogP contribution in [0.15, 0.2) is 0 Å². The molecule has 3 nitrogen and oxygen atoms in total. The van der Waals surface area contributed by atoms with E-state index in [4.69, 9.17) is 0 Å². The maximum atomic E-state index is 11.6. The Hall–Kier alpha value is -0.800. The average molecular weight is 189 g/mol. The van der Waals surface area contributed by atoms with Crippen LogP contribution in [-0.4, -0.2) is 25.4 Å². The summed E-state index contributed by atoms with van der Waals surface area (Å²) in [5.41, 5.74) is 0. The van der Waals surface area contributed by atoms with Gasteiger partial charge in [0.1, 0.15) is 13.3 Å². The largest absolute Gasteiger partial charge is 0.447 e. The molecule has 0 aliphatic heterocycles. The van der Waals surface area contributed by atoms with Crippen molar-refractivity contribution >= 4 is 6.09 Å². The molecule has 1 saturated carbocycles. The molecule has 1 unspecified atom stereocenters. The zero-order valence-corrected chi connectivity index (χ0v) is 7.88. The molecule has 0 spiro atoms. The van der Waals surface area contributed by atoms with Crippen molar-refractivity contribution in [1.82, 2.24) is 5.32 Å². The minimum Gasteiger partial charge on any atom is -0.447 e. The first-order valence-corrected chi connectivity index (χ1v) is 4.71. The van der Waals surface area contributed by atoms with Gasteiger partial charge < -0.3 is 10.1 Å². The molecule has 0 heterocycles. The van der Waals surface area contributed by atoms with Crippen LogP contribution in [0.3, 0.4) is 0 Å². The molecule has 4 heteroatoms. The monoisotopic (exact) mass is 189 g/mol. The highest BCUT2D eigenvalue weighted by Gasteiger charge is 2.24. The predicted octanol–water partition coefficient (Wildman–Crippen LogP) is 1.87. The van der Waals surface area contributed by atoms with Gasteiger partial charge in [-0.25, -0.2) is 9.18 Å². The molecule has 1 aliphatic carbocycles. The lowest BCUT2D eigenvalue weighted by atomic mass is 10.2. The molecular formula is C9H16FNO2. The van der Waals surface area contributed by atoms with E-state index in [1.54, 1.807) is 0 Å². The van der Waals surface area contributed by atoms with Crippen molar-refractivity contribution in [2.75, 3.05) is 13.3 Å². The standard InChI is InChI=1S/C9H16FNO2/c1-7(6-8-2-3-8)11-9(12)13-5-4-10/h7-8H,2-6H2,1H3,(H,11,12). The molecule has 0 bridgehead atoms. The number of halogens is 1. The fourth-order valence-corrected chi connectivity index (χ4v) is 1.29. The first kappa shape index (κ1) is 10.3. The third kappa shape index (κ3) is 4.70. The van der Waals surface area contributed by atoms with E-state index in [1.165, 1.54) is 12.8 Å². The van der Waals surface area contributed by atoms with Gasteiger partial charge in [0.05, 0.1) is 0 Å². The Morgan fingerprint density at radius 2 is 2.38 bits per heavy atom. The van der Waals surface area contributed by atoms with E-state index >= 15 is 0 Å². The Balaban J connectivity index is 2.03. The Kier molecular flexibility index (Phi) is 3.99. The number of alkyl carbamates (subject to hydrolysis) is 1. The second kappa shape index (κ2) is 5.04. The number of carbonyl (C=O) groups is 1. The van der Waals surface area contributed by atoms with Gasteiger partial charge in [0.15, 0.2) is 0 Å². The van der Waals surface area contributed by atoms with Crippen molar-refractivity contribution in [3.8, 4) is 0 Å². The van der Waals surface area contributed by atoms with Crippen LogP contribution in [-0.2, 0) is 4.74 Å². The number of nitrogens with one attached hydrogen (secondary N) is 1. The third-order valence-corrected chi connectivity index (χ3v) is 2.06. The van der Waals surface area contributed by atoms with Crippen LogP contribution in [0.25, 0.3) is 0 Å². The molecule has 0 saturated heterocycles. The zero-order valence-electron chi connectivity index (χ0n) is 7.88. The maximum Gasteiger partial charge on any atom is 0.407 e. The van der Waals surface area contributed by atoms with Crippen molar-refractivity contribution in [2.45, 2.75) is 32.2 Å². The molecule has 0 aromatic carbocycles. The number of hydrogen-bond acceptors (Lipinski definition) is 2. The van der Waals surface area contributed by atoms with Gasteiger partial charge in [-0.1, -0.05) is 12.8 Å². The molecule has 1 atom stereocenters. The zero-order chi connectivity index (χ0) is 9.68. The summed E-state index contributed by atoms with van der Waals surface area (Å²) in [4.78, 5) is 10.9. The molecule has 1 fully saturated rings. The van der Waals surface area contributed by atoms with Gasteiger partial charge >= 0.3 is 6.09 Å². The summed E-state index contributed by atoms with van der Waals surface area (Å²) in [5, 5.41) is 2.66. The number of alkyl halides is 1. The van der Waals surface area contributed by atoms with E-state index in [1.807, 2.05) is 6.92 Å².